The summed E-state index contributed by atoms with van der Waals surface area (Å²) in [5, 5.41) is 10.5. The Hall–Kier alpha value is -2.57. The Labute approximate surface area is 171 Å². The molecule has 4 N–H and O–H groups in total. The van der Waals surface area contributed by atoms with Crippen LogP contribution in [0.3, 0.4) is 0 Å². The van der Waals surface area contributed by atoms with Gasteiger partial charge in [-0.15, -0.1) is 0 Å². The predicted octanol–water partition coefficient (Wildman–Crippen LogP) is 3.10. The molecule has 6 nitrogen and oxygen atoms in total. The molecule has 0 unspecified atom stereocenters. The molecule has 158 valence electrons. The van der Waals surface area contributed by atoms with E-state index in [0.29, 0.717) is 32.0 Å². The van der Waals surface area contributed by atoms with Gasteiger partial charge in [0, 0.05) is 49.7 Å². The molecule has 0 spiro atoms. The van der Waals surface area contributed by atoms with Gasteiger partial charge in [-0.2, -0.15) is 0 Å². The molecular formula is C22H32FN5O. The van der Waals surface area contributed by atoms with E-state index < -0.39 is 0 Å². The molecule has 0 bridgehead atoms. The number of benzene rings is 1. The lowest BCUT2D eigenvalue weighted by molar-refractivity contribution is -0.121. The number of aromatic amines is 1. The second-order valence-electron chi connectivity index (χ2n) is 7.65. The van der Waals surface area contributed by atoms with Gasteiger partial charge in [0.1, 0.15) is 5.82 Å². The number of nitrogens with one attached hydrogen (secondary N) is 4. The Bertz CT molecular complexity index is 826. The molecule has 1 aromatic heterocycles. The first-order valence-electron chi connectivity index (χ1n) is 10.7. The van der Waals surface area contributed by atoms with Crippen LogP contribution >= 0.6 is 0 Å². The summed E-state index contributed by atoms with van der Waals surface area (Å²) < 4.78 is 13.3. The number of rotatable bonds is 9. The zero-order chi connectivity index (χ0) is 20.5. The third-order valence-electron chi connectivity index (χ3n) is 5.41. The fourth-order valence-corrected chi connectivity index (χ4v) is 3.93. The van der Waals surface area contributed by atoms with Crippen LogP contribution in [0.5, 0.6) is 0 Å². The van der Waals surface area contributed by atoms with Gasteiger partial charge in [-0.25, -0.2) is 4.39 Å². The number of aromatic nitrogens is 1. The van der Waals surface area contributed by atoms with Crippen LogP contribution in [0.4, 0.5) is 4.39 Å². The molecule has 1 aromatic carbocycles. The zero-order valence-corrected chi connectivity index (χ0v) is 17.2. The van der Waals surface area contributed by atoms with E-state index in [1.165, 1.54) is 37.8 Å². The van der Waals surface area contributed by atoms with Crippen LogP contribution in [0.1, 0.15) is 44.6 Å². The number of halogens is 1. The molecule has 1 aliphatic rings. The maximum atomic E-state index is 13.3. The van der Waals surface area contributed by atoms with Crippen molar-refractivity contribution in [3.8, 4) is 0 Å². The second-order valence-corrected chi connectivity index (χ2v) is 7.65. The number of hydrogen-bond donors (Lipinski definition) is 4. The Morgan fingerprint density at radius 2 is 2.00 bits per heavy atom. The molecule has 7 heteroatoms. The predicted molar refractivity (Wildman–Crippen MR) is 116 cm³/mol. The topological polar surface area (TPSA) is 81.3 Å². The van der Waals surface area contributed by atoms with Crippen molar-refractivity contribution in [1.29, 1.82) is 0 Å². The molecule has 1 heterocycles. The molecular weight excluding hydrogens is 369 g/mol. The van der Waals surface area contributed by atoms with E-state index in [-0.39, 0.29) is 11.7 Å². The highest BCUT2D eigenvalue weighted by atomic mass is 19.1. The van der Waals surface area contributed by atoms with Gasteiger partial charge in [0.25, 0.3) is 0 Å². The first kappa shape index (κ1) is 21.1. The second kappa shape index (κ2) is 10.8. The van der Waals surface area contributed by atoms with Crippen molar-refractivity contribution in [3.63, 3.8) is 0 Å². The van der Waals surface area contributed by atoms with Crippen LogP contribution in [-0.4, -0.2) is 43.0 Å². The lowest BCUT2D eigenvalue weighted by atomic mass is 10.0. The van der Waals surface area contributed by atoms with Gasteiger partial charge in [-0.3, -0.25) is 9.79 Å². The molecule has 1 saturated carbocycles. The van der Waals surface area contributed by atoms with E-state index in [2.05, 4.69) is 25.9 Å². The van der Waals surface area contributed by atoms with Crippen LogP contribution in [0.2, 0.25) is 0 Å². The number of amides is 1. The Morgan fingerprint density at radius 1 is 1.21 bits per heavy atom. The Kier molecular flexibility index (Phi) is 7.90. The average Bonchev–Trinajstić information content (AvgIpc) is 3.35. The van der Waals surface area contributed by atoms with E-state index in [0.717, 1.165) is 35.4 Å². The van der Waals surface area contributed by atoms with Crippen molar-refractivity contribution < 1.29 is 9.18 Å². The molecule has 3 rings (SSSR count). The van der Waals surface area contributed by atoms with Crippen LogP contribution in [0.25, 0.3) is 10.9 Å². The minimum Gasteiger partial charge on any atom is -0.361 e. The lowest BCUT2D eigenvalue weighted by Gasteiger charge is -2.13. The summed E-state index contributed by atoms with van der Waals surface area (Å²) in [5.41, 5.74) is 1.93. The summed E-state index contributed by atoms with van der Waals surface area (Å²) in [6, 6.07) is 4.79. The van der Waals surface area contributed by atoms with Crippen LogP contribution in [0, 0.1) is 11.7 Å². The zero-order valence-electron chi connectivity index (χ0n) is 17.2. The van der Waals surface area contributed by atoms with Crippen molar-refractivity contribution >= 4 is 22.8 Å². The van der Waals surface area contributed by atoms with Gasteiger partial charge in [-0.1, -0.05) is 12.8 Å². The number of fused-ring (bicyclic) bond motifs is 1. The summed E-state index contributed by atoms with van der Waals surface area (Å²) in [7, 11) is 0. The number of H-pyrrole nitrogens is 1. The minimum absolute atomic E-state index is 0.149. The summed E-state index contributed by atoms with van der Waals surface area (Å²) in [6.45, 7) is 4.63. The smallest absolute Gasteiger partial charge is 0.220 e. The molecule has 0 atom stereocenters. The fraction of sp³-hybridized carbons (Fsp3) is 0.545. The van der Waals surface area contributed by atoms with Gasteiger partial charge in [0.05, 0.1) is 0 Å². The molecule has 1 fully saturated rings. The van der Waals surface area contributed by atoms with Crippen molar-refractivity contribution in [2.75, 3.05) is 26.2 Å². The van der Waals surface area contributed by atoms with Crippen molar-refractivity contribution in [1.82, 2.24) is 20.9 Å². The van der Waals surface area contributed by atoms with Crippen molar-refractivity contribution in [3.05, 3.63) is 35.8 Å². The number of carbonyl (C=O) groups is 1. The van der Waals surface area contributed by atoms with Gasteiger partial charge in [-0.05, 0) is 55.9 Å². The lowest BCUT2D eigenvalue weighted by Crippen LogP contribution is -2.41. The number of aliphatic imine (C=N–C) groups is 1. The highest BCUT2D eigenvalue weighted by molar-refractivity contribution is 5.83. The molecule has 0 radical (unpaired) electrons. The summed E-state index contributed by atoms with van der Waals surface area (Å²) in [6.07, 6.45) is 8.24. The molecule has 29 heavy (non-hydrogen) atoms. The maximum Gasteiger partial charge on any atom is 0.220 e. The number of carbonyl (C=O) groups excluding carboxylic acids is 1. The third-order valence-corrected chi connectivity index (χ3v) is 5.41. The Balaban J connectivity index is 1.41. The van der Waals surface area contributed by atoms with Crippen LogP contribution in [0.15, 0.2) is 29.4 Å². The third kappa shape index (κ3) is 6.48. The molecule has 1 aliphatic carbocycles. The van der Waals surface area contributed by atoms with E-state index >= 15 is 0 Å². The molecule has 1 amide bonds. The number of nitrogens with zero attached hydrogens (tertiary/aromatic N) is 1. The maximum absolute atomic E-state index is 13.3. The standard InChI is InChI=1S/C22H32FN5O/c1-2-24-22(27-12-11-25-21(29)13-16-5-3-4-6-16)26-10-9-17-15-28-20-14-18(23)7-8-19(17)20/h7-8,14-16,28H,2-6,9-13H2,1H3,(H,25,29)(H2,24,26,27). The normalized spacial score (nSPS) is 15.0. The van der Waals surface area contributed by atoms with E-state index in [1.54, 1.807) is 6.07 Å². The Morgan fingerprint density at radius 3 is 2.79 bits per heavy atom. The number of hydrogen-bond acceptors (Lipinski definition) is 2. The quantitative estimate of drug-likeness (QED) is 0.296. The van der Waals surface area contributed by atoms with Gasteiger partial charge in [0.2, 0.25) is 5.91 Å². The summed E-state index contributed by atoms with van der Waals surface area (Å²) >= 11 is 0. The SMILES string of the molecule is CCNC(=NCCc1c[nH]c2cc(F)ccc12)NCCNC(=O)CC1CCCC1. The van der Waals surface area contributed by atoms with Gasteiger partial charge >= 0.3 is 0 Å². The molecule has 2 aromatic rings. The number of guanidine groups is 1. The van der Waals surface area contributed by atoms with Crippen LogP contribution in [-0.2, 0) is 11.2 Å². The monoisotopic (exact) mass is 401 g/mol. The van der Waals surface area contributed by atoms with Gasteiger partial charge < -0.3 is 20.9 Å². The average molecular weight is 402 g/mol. The first-order valence-corrected chi connectivity index (χ1v) is 10.7. The van der Waals surface area contributed by atoms with E-state index in [9.17, 15) is 9.18 Å². The first-order chi connectivity index (χ1) is 14.2. The van der Waals surface area contributed by atoms with Gasteiger partial charge in [0.15, 0.2) is 5.96 Å². The van der Waals surface area contributed by atoms with E-state index in [1.807, 2.05) is 13.1 Å². The summed E-state index contributed by atoms with van der Waals surface area (Å²) in [4.78, 5) is 19.7. The minimum atomic E-state index is -0.238. The highest BCUT2D eigenvalue weighted by Crippen LogP contribution is 2.27. The molecule has 0 saturated heterocycles. The van der Waals surface area contributed by atoms with Crippen molar-refractivity contribution in [2.45, 2.75) is 45.4 Å². The highest BCUT2D eigenvalue weighted by Gasteiger charge is 2.17. The largest absolute Gasteiger partial charge is 0.361 e. The molecule has 0 aliphatic heterocycles. The van der Waals surface area contributed by atoms with Crippen LogP contribution < -0.4 is 16.0 Å². The fourth-order valence-electron chi connectivity index (χ4n) is 3.93. The van der Waals surface area contributed by atoms with E-state index in [4.69, 9.17) is 0 Å². The van der Waals surface area contributed by atoms with Crippen molar-refractivity contribution in [2.24, 2.45) is 10.9 Å². The summed E-state index contributed by atoms with van der Waals surface area (Å²) in [5.74, 6) is 1.22.